The molecule has 1 fully saturated rings. The van der Waals surface area contributed by atoms with Gasteiger partial charge < -0.3 is 9.84 Å². The minimum absolute atomic E-state index is 0.00955. The Morgan fingerprint density at radius 1 is 1.05 bits per heavy atom. The maximum Gasteiger partial charge on any atom is 0.202 e. The topological polar surface area (TPSA) is 79.6 Å². The number of ether oxygens (including phenoxy) is 1. The van der Waals surface area contributed by atoms with Gasteiger partial charge in [-0.05, 0) is 52.9 Å². The Labute approximate surface area is 216 Å². The third kappa shape index (κ3) is 4.57. The number of carbonyl (C=O) groups is 1. The van der Waals surface area contributed by atoms with Gasteiger partial charge in [0.25, 0.3) is 0 Å². The highest BCUT2D eigenvalue weighted by Gasteiger charge is 2.32. The summed E-state index contributed by atoms with van der Waals surface area (Å²) in [6.45, 7) is 2.98. The average molecular weight is 495 g/mol. The maximum atomic E-state index is 13.7. The Kier molecular flexibility index (Phi) is 6.34. The number of aromatic nitrogens is 2. The van der Waals surface area contributed by atoms with Crippen LogP contribution in [0.2, 0.25) is 0 Å². The zero-order valence-corrected chi connectivity index (χ0v) is 20.8. The van der Waals surface area contributed by atoms with Crippen molar-refractivity contribution in [3.8, 4) is 22.6 Å². The molecule has 2 aliphatic heterocycles. The van der Waals surface area contributed by atoms with Gasteiger partial charge in [0, 0.05) is 31.9 Å². The number of nitrogens with one attached hydrogen (secondary N) is 1. The van der Waals surface area contributed by atoms with Crippen molar-refractivity contribution in [1.82, 2.24) is 19.8 Å². The minimum Gasteiger partial charge on any atom is -0.497 e. The summed E-state index contributed by atoms with van der Waals surface area (Å²) in [5.74, 6) is 0.776. The van der Waals surface area contributed by atoms with Crippen LogP contribution in [0, 0.1) is 0 Å². The maximum absolute atomic E-state index is 13.7. The Hall–Kier alpha value is -3.78. The fourth-order valence-corrected chi connectivity index (χ4v) is 5.40. The van der Waals surface area contributed by atoms with E-state index in [9.17, 15) is 9.90 Å². The Morgan fingerprint density at radius 2 is 1.84 bits per heavy atom. The number of hydrogen-bond acceptors (Lipinski definition) is 6. The second-order valence-corrected chi connectivity index (χ2v) is 9.74. The first-order valence-corrected chi connectivity index (χ1v) is 12.7. The van der Waals surface area contributed by atoms with Gasteiger partial charge in [-0.1, -0.05) is 48.5 Å². The monoisotopic (exact) mass is 494 g/mol. The van der Waals surface area contributed by atoms with Crippen molar-refractivity contribution in [2.45, 2.75) is 31.7 Å². The molecule has 1 unspecified atom stereocenters. The van der Waals surface area contributed by atoms with Crippen LogP contribution in [0.3, 0.4) is 0 Å². The fraction of sp³-hybridized carbons (Fsp3) is 0.267. The van der Waals surface area contributed by atoms with Crippen LogP contribution in [-0.2, 0) is 13.1 Å². The predicted octanol–water partition coefficient (Wildman–Crippen LogP) is 4.14. The number of ketones is 1. The number of benzene rings is 3. The van der Waals surface area contributed by atoms with Crippen molar-refractivity contribution in [3.63, 3.8) is 0 Å². The molecule has 7 heteroatoms. The zero-order chi connectivity index (χ0) is 25.4. The average Bonchev–Trinajstić information content (AvgIpc) is 3.56. The van der Waals surface area contributed by atoms with Gasteiger partial charge in [-0.15, -0.1) is 0 Å². The smallest absolute Gasteiger partial charge is 0.202 e. The molecule has 3 heterocycles. The van der Waals surface area contributed by atoms with Gasteiger partial charge >= 0.3 is 0 Å². The lowest BCUT2D eigenvalue weighted by atomic mass is 9.93. The van der Waals surface area contributed by atoms with E-state index in [1.54, 1.807) is 13.4 Å². The molecule has 0 bridgehead atoms. The van der Waals surface area contributed by atoms with E-state index in [0.717, 1.165) is 54.3 Å². The number of fused-ring (bicyclic) bond motifs is 1. The summed E-state index contributed by atoms with van der Waals surface area (Å²) in [7, 11) is 1.64. The van der Waals surface area contributed by atoms with Gasteiger partial charge in [0.05, 0.1) is 24.9 Å². The number of β-amino-alcohol motifs (C(OH)–C–C–N with tert-alkyl or cyclic N) is 1. The number of methoxy groups -OCH3 is 1. The summed E-state index contributed by atoms with van der Waals surface area (Å²) in [4.78, 5) is 20.4. The molecule has 37 heavy (non-hydrogen) atoms. The van der Waals surface area contributed by atoms with E-state index in [-0.39, 0.29) is 11.9 Å². The number of carbonyl (C=O) groups excluding carboxylic acids is 1. The van der Waals surface area contributed by atoms with Crippen LogP contribution in [0.1, 0.15) is 39.8 Å². The third-order valence-corrected chi connectivity index (χ3v) is 7.38. The molecular weight excluding hydrogens is 464 g/mol. The first-order chi connectivity index (χ1) is 18.1. The van der Waals surface area contributed by atoms with Crippen molar-refractivity contribution in [3.05, 3.63) is 102 Å². The lowest BCUT2D eigenvalue weighted by Crippen LogP contribution is -2.35. The molecule has 0 spiro atoms. The number of Topliss-reactive ketones (excluding diaryl/α,β-unsaturated/α-hetero) is 1. The van der Waals surface area contributed by atoms with Crippen LogP contribution in [0.15, 0.2) is 79.1 Å². The molecule has 7 nitrogen and oxygen atoms in total. The molecule has 188 valence electrons. The van der Waals surface area contributed by atoms with Crippen molar-refractivity contribution < 1.29 is 14.6 Å². The standard InChI is InChI=1S/C30H30N4O3/c1-37-25-12-10-23(11-13-25)34-19-32-27-16-31-28(30(36)29(27)34)21-8-6-20(7-9-21)26-5-3-2-4-22(26)17-33-15-14-24(35)18-33/h2-13,19,24,28,31,35H,14-18H2,1H3/t24-,28?/m0/s1. The van der Waals surface area contributed by atoms with E-state index in [4.69, 9.17) is 4.74 Å². The van der Waals surface area contributed by atoms with Gasteiger partial charge in [-0.2, -0.15) is 0 Å². The van der Waals surface area contributed by atoms with Gasteiger partial charge in [-0.3, -0.25) is 19.6 Å². The molecule has 4 aromatic rings. The molecule has 2 N–H and O–H groups in total. The van der Waals surface area contributed by atoms with E-state index in [2.05, 4.69) is 51.6 Å². The molecule has 0 aliphatic carbocycles. The van der Waals surface area contributed by atoms with Gasteiger partial charge in [0.1, 0.15) is 17.8 Å². The summed E-state index contributed by atoms with van der Waals surface area (Å²) >= 11 is 0. The van der Waals surface area contributed by atoms with Crippen LogP contribution >= 0.6 is 0 Å². The number of nitrogens with zero attached hydrogens (tertiary/aromatic N) is 3. The molecule has 6 rings (SSSR count). The van der Waals surface area contributed by atoms with Crippen molar-refractivity contribution >= 4 is 5.78 Å². The predicted molar refractivity (Wildman–Crippen MR) is 142 cm³/mol. The molecule has 2 atom stereocenters. The highest BCUT2D eigenvalue weighted by Crippen LogP contribution is 2.31. The molecule has 0 radical (unpaired) electrons. The molecule has 2 aliphatic rings. The second kappa shape index (κ2) is 9.94. The van der Waals surface area contributed by atoms with Crippen LogP contribution in [0.25, 0.3) is 16.8 Å². The number of aliphatic hydroxyl groups excluding tert-OH is 1. The zero-order valence-electron chi connectivity index (χ0n) is 20.8. The molecule has 1 aromatic heterocycles. The first-order valence-electron chi connectivity index (χ1n) is 12.7. The number of imidazole rings is 1. The third-order valence-electron chi connectivity index (χ3n) is 7.38. The van der Waals surface area contributed by atoms with Gasteiger partial charge in [-0.25, -0.2) is 4.98 Å². The molecule has 3 aromatic carbocycles. The minimum atomic E-state index is -0.434. The van der Waals surface area contributed by atoms with Crippen molar-refractivity contribution in [1.29, 1.82) is 0 Å². The normalized spacial score (nSPS) is 19.7. The summed E-state index contributed by atoms with van der Waals surface area (Å²) in [5, 5.41) is 13.3. The van der Waals surface area contributed by atoms with Gasteiger partial charge in [0.15, 0.2) is 0 Å². The van der Waals surface area contributed by atoms with Crippen LogP contribution in [0.4, 0.5) is 0 Å². The van der Waals surface area contributed by atoms with E-state index < -0.39 is 6.04 Å². The highest BCUT2D eigenvalue weighted by atomic mass is 16.5. The molecule has 0 amide bonds. The summed E-state index contributed by atoms with van der Waals surface area (Å²) in [6, 6.07) is 23.9. The largest absolute Gasteiger partial charge is 0.497 e. The Bertz CT molecular complexity index is 1410. The fourth-order valence-electron chi connectivity index (χ4n) is 5.40. The molecular formula is C30H30N4O3. The number of rotatable bonds is 6. The summed E-state index contributed by atoms with van der Waals surface area (Å²) in [5.41, 5.74) is 6.72. The van der Waals surface area contributed by atoms with E-state index in [1.807, 2.05) is 41.0 Å². The van der Waals surface area contributed by atoms with Crippen LogP contribution in [0.5, 0.6) is 5.75 Å². The quantitative estimate of drug-likeness (QED) is 0.419. The Balaban J connectivity index is 1.25. The number of likely N-dealkylation sites (tertiary alicyclic amines) is 1. The van der Waals surface area contributed by atoms with E-state index >= 15 is 0 Å². The molecule has 1 saturated heterocycles. The van der Waals surface area contributed by atoms with Crippen molar-refractivity contribution in [2.24, 2.45) is 0 Å². The van der Waals surface area contributed by atoms with E-state index in [1.165, 1.54) is 11.1 Å². The lowest BCUT2D eigenvalue weighted by Gasteiger charge is -2.24. The van der Waals surface area contributed by atoms with Crippen molar-refractivity contribution in [2.75, 3.05) is 20.2 Å². The van der Waals surface area contributed by atoms with Gasteiger partial charge in [0.2, 0.25) is 5.78 Å². The second-order valence-electron chi connectivity index (χ2n) is 9.74. The lowest BCUT2D eigenvalue weighted by molar-refractivity contribution is 0.0922. The summed E-state index contributed by atoms with van der Waals surface area (Å²) in [6.07, 6.45) is 2.32. The number of hydrogen-bond donors (Lipinski definition) is 2. The highest BCUT2D eigenvalue weighted by molar-refractivity contribution is 6.01. The molecule has 0 saturated carbocycles. The van der Waals surface area contributed by atoms with Crippen LogP contribution < -0.4 is 10.1 Å². The number of aliphatic hydroxyl groups is 1. The van der Waals surface area contributed by atoms with E-state index in [0.29, 0.717) is 12.2 Å². The Morgan fingerprint density at radius 3 is 2.57 bits per heavy atom. The SMILES string of the molecule is COc1ccc(-n2cnc3c2C(=O)C(c2ccc(-c4ccccc4CN4CC[C@H](O)C4)cc2)NC3)cc1. The first kappa shape index (κ1) is 23.6. The summed E-state index contributed by atoms with van der Waals surface area (Å²) < 4.78 is 7.13. The van der Waals surface area contributed by atoms with Crippen LogP contribution in [-0.4, -0.2) is 51.6 Å².